The van der Waals surface area contributed by atoms with Crippen molar-refractivity contribution in [3.05, 3.63) is 85.8 Å². The van der Waals surface area contributed by atoms with Crippen molar-refractivity contribution in [2.24, 2.45) is 0 Å². The van der Waals surface area contributed by atoms with Crippen LogP contribution in [0, 0.1) is 5.82 Å². The second-order valence-electron chi connectivity index (χ2n) is 5.74. The first-order valence-corrected chi connectivity index (χ1v) is 9.76. The molecule has 3 aromatic rings. The first kappa shape index (κ1) is 20.4. The van der Waals surface area contributed by atoms with Crippen LogP contribution < -0.4 is 9.47 Å². The molecule has 0 aliphatic carbocycles. The molecule has 0 bridgehead atoms. The van der Waals surface area contributed by atoms with Gasteiger partial charge < -0.3 is 9.47 Å². The van der Waals surface area contributed by atoms with Crippen LogP contribution in [0.1, 0.15) is 20.8 Å². The Morgan fingerprint density at radius 3 is 2.57 bits per heavy atom. The summed E-state index contributed by atoms with van der Waals surface area (Å²) in [6.45, 7) is 0.171. The third-order valence-corrected chi connectivity index (χ3v) is 5.37. The molecule has 0 amide bonds. The molecular weight excluding hydrogens is 422 g/mol. The minimum Gasteiger partial charge on any atom is -0.496 e. The van der Waals surface area contributed by atoms with Gasteiger partial charge in [0.1, 0.15) is 23.9 Å². The van der Waals surface area contributed by atoms with Gasteiger partial charge in [-0.15, -0.1) is 11.3 Å². The molecule has 3 nitrogen and oxygen atoms in total. The quantitative estimate of drug-likeness (QED) is 0.306. The number of ether oxygens (including phenoxy) is 2. The molecule has 7 heteroatoms. The molecule has 0 aliphatic heterocycles. The molecule has 144 valence electrons. The molecule has 0 spiro atoms. The lowest BCUT2D eigenvalue weighted by atomic mass is 10.1. The third kappa shape index (κ3) is 5.13. The van der Waals surface area contributed by atoms with Gasteiger partial charge in [0, 0.05) is 5.56 Å². The molecule has 0 atom stereocenters. The fourth-order valence-corrected chi connectivity index (χ4v) is 3.65. The fourth-order valence-electron chi connectivity index (χ4n) is 2.46. The normalized spacial score (nSPS) is 11.0. The zero-order valence-electron chi connectivity index (χ0n) is 14.7. The van der Waals surface area contributed by atoms with Gasteiger partial charge in [0.25, 0.3) is 0 Å². The highest BCUT2D eigenvalue weighted by atomic mass is 35.5. The highest BCUT2D eigenvalue weighted by Crippen LogP contribution is 2.28. The van der Waals surface area contributed by atoms with E-state index >= 15 is 0 Å². The Kier molecular flexibility index (Phi) is 6.73. The molecule has 0 fully saturated rings. The average molecular weight is 437 g/mol. The maximum atomic E-state index is 13.2. The lowest BCUT2D eigenvalue weighted by Gasteiger charge is -2.12. The van der Waals surface area contributed by atoms with Crippen LogP contribution in [0.3, 0.4) is 0 Å². The summed E-state index contributed by atoms with van der Waals surface area (Å²) < 4.78 is 24.8. The van der Waals surface area contributed by atoms with Gasteiger partial charge in [0.05, 0.1) is 21.3 Å². The van der Waals surface area contributed by atoms with Gasteiger partial charge in [-0.1, -0.05) is 35.3 Å². The highest BCUT2D eigenvalue weighted by molar-refractivity contribution is 7.18. The molecule has 0 saturated carbocycles. The number of rotatable bonds is 7. The van der Waals surface area contributed by atoms with E-state index in [1.54, 1.807) is 31.4 Å². The van der Waals surface area contributed by atoms with Crippen LogP contribution >= 0.6 is 34.5 Å². The number of thiophene rings is 1. The largest absolute Gasteiger partial charge is 0.496 e. The van der Waals surface area contributed by atoms with Gasteiger partial charge in [-0.2, -0.15) is 0 Å². The SMILES string of the molecule is COc1ccc(/C=C/C(=O)c2ccc(Cl)s2)cc1COc1ccc(F)cc1Cl. The van der Waals surface area contributed by atoms with Gasteiger partial charge in [-0.3, -0.25) is 4.79 Å². The van der Waals surface area contributed by atoms with Crippen LogP contribution in [0.25, 0.3) is 6.08 Å². The standard InChI is InChI=1S/C21H15Cl2FO3S/c1-26-18-6-3-13(2-5-17(25)20-8-9-21(23)28-20)10-14(18)12-27-19-7-4-15(24)11-16(19)22/h2-11H,12H2,1H3/b5-2+. The minimum atomic E-state index is -0.432. The Labute approximate surface area is 175 Å². The van der Waals surface area contributed by atoms with Crippen molar-refractivity contribution >= 4 is 46.4 Å². The summed E-state index contributed by atoms with van der Waals surface area (Å²) >= 11 is 13.1. The summed E-state index contributed by atoms with van der Waals surface area (Å²) in [5.41, 5.74) is 1.57. The van der Waals surface area contributed by atoms with Crippen LogP contribution in [0.4, 0.5) is 4.39 Å². The number of hydrogen-bond acceptors (Lipinski definition) is 4. The average Bonchev–Trinajstić information content (AvgIpc) is 3.12. The molecule has 0 unspecified atom stereocenters. The molecule has 1 aromatic heterocycles. The lowest BCUT2D eigenvalue weighted by Crippen LogP contribution is -2.00. The topological polar surface area (TPSA) is 35.5 Å². The van der Waals surface area contributed by atoms with E-state index in [0.29, 0.717) is 20.7 Å². The predicted molar refractivity (Wildman–Crippen MR) is 111 cm³/mol. The van der Waals surface area contributed by atoms with Gasteiger partial charge in [-0.05, 0) is 54.1 Å². The van der Waals surface area contributed by atoms with Crippen molar-refractivity contribution in [1.82, 2.24) is 0 Å². The monoisotopic (exact) mass is 436 g/mol. The van der Waals surface area contributed by atoms with Crippen LogP contribution in [0.2, 0.25) is 9.36 Å². The number of allylic oxidation sites excluding steroid dienone is 1. The van der Waals surface area contributed by atoms with Crippen molar-refractivity contribution in [3.8, 4) is 11.5 Å². The van der Waals surface area contributed by atoms with Crippen molar-refractivity contribution in [3.63, 3.8) is 0 Å². The van der Waals surface area contributed by atoms with E-state index in [2.05, 4.69) is 0 Å². The van der Waals surface area contributed by atoms with Crippen molar-refractivity contribution in [2.75, 3.05) is 7.11 Å². The molecular formula is C21H15Cl2FO3S. The summed E-state index contributed by atoms with van der Waals surface area (Å²) in [7, 11) is 1.56. The fraction of sp³-hybridized carbons (Fsp3) is 0.0952. The van der Waals surface area contributed by atoms with Crippen molar-refractivity contribution < 1.29 is 18.7 Å². The maximum Gasteiger partial charge on any atom is 0.195 e. The van der Waals surface area contributed by atoms with E-state index in [1.165, 1.54) is 35.6 Å². The summed E-state index contributed by atoms with van der Waals surface area (Å²) in [5, 5.41) is 0.190. The Bertz CT molecular complexity index is 1030. The van der Waals surface area contributed by atoms with E-state index in [-0.39, 0.29) is 17.4 Å². The van der Waals surface area contributed by atoms with Crippen LogP contribution in [0.5, 0.6) is 11.5 Å². The Hall–Kier alpha value is -2.34. The lowest BCUT2D eigenvalue weighted by molar-refractivity contribution is 0.105. The molecule has 28 heavy (non-hydrogen) atoms. The molecule has 0 N–H and O–H groups in total. The molecule has 0 radical (unpaired) electrons. The first-order chi connectivity index (χ1) is 13.5. The zero-order chi connectivity index (χ0) is 20.1. The molecule has 3 rings (SSSR count). The Morgan fingerprint density at radius 2 is 1.89 bits per heavy atom. The maximum absolute atomic E-state index is 13.2. The van der Waals surface area contributed by atoms with Crippen LogP contribution in [-0.2, 0) is 6.61 Å². The molecule has 1 heterocycles. The molecule has 0 saturated heterocycles. The summed E-state index contributed by atoms with van der Waals surface area (Å²) in [6, 6.07) is 12.8. The number of carbonyl (C=O) groups excluding carboxylic acids is 1. The molecule has 2 aromatic carbocycles. The van der Waals surface area contributed by atoms with E-state index in [9.17, 15) is 9.18 Å². The van der Waals surface area contributed by atoms with E-state index in [0.717, 1.165) is 11.1 Å². The summed E-state index contributed by atoms with van der Waals surface area (Å²) in [4.78, 5) is 12.8. The Balaban J connectivity index is 1.75. The number of methoxy groups -OCH3 is 1. The molecule has 0 aliphatic rings. The van der Waals surface area contributed by atoms with Crippen LogP contribution in [0.15, 0.2) is 54.6 Å². The smallest absolute Gasteiger partial charge is 0.195 e. The summed E-state index contributed by atoms with van der Waals surface area (Å²) in [6.07, 6.45) is 3.20. The van der Waals surface area contributed by atoms with E-state index in [1.807, 2.05) is 12.1 Å². The van der Waals surface area contributed by atoms with Crippen LogP contribution in [-0.4, -0.2) is 12.9 Å². The van der Waals surface area contributed by atoms with Crippen molar-refractivity contribution in [2.45, 2.75) is 6.61 Å². The predicted octanol–water partition coefficient (Wildman–Crippen LogP) is 6.68. The second kappa shape index (κ2) is 9.24. The number of benzene rings is 2. The van der Waals surface area contributed by atoms with E-state index in [4.69, 9.17) is 32.7 Å². The van der Waals surface area contributed by atoms with E-state index < -0.39 is 5.82 Å². The number of halogens is 3. The summed E-state index contributed by atoms with van der Waals surface area (Å²) in [5.74, 6) is 0.449. The van der Waals surface area contributed by atoms with Gasteiger partial charge in [0.2, 0.25) is 0 Å². The van der Waals surface area contributed by atoms with Gasteiger partial charge in [0.15, 0.2) is 5.78 Å². The van der Waals surface area contributed by atoms with Gasteiger partial charge >= 0.3 is 0 Å². The number of hydrogen-bond donors (Lipinski definition) is 0. The number of ketones is 1. The number of carbonyl (C=O) groups is 1. The van der Waals surface area contributed by atoms with Gasteiger partial charge in [-0.25, -0.2) is 4.39 Å². The highest BCUT2D eigenvalue weighted by Gasteiger charge is 2.09. The zero-order valence-corrected chi connectivity index (χ0v) is 17.1. The third-order valence-electron chi connectivity index (χ3n) is 3.82. The first-order valence-electron chi connectivity index (χ1n) is 8.19. The Morgan fingerprint density at radius 1 is 1.11 bits per heavy atom. The minimum absolute atomic E-state index is 0.122. The van der Waals surface area contributed by atoms with Crippen molar-refractivity contribution in [1.29, 1.82) is 0 Å². The second-order valence-corrected chi connectivity index (χ2v) is 7.86.